The van der Waals surface area contributed by atoms with Crippen LogP contribution in [0, 0.1) is 29.6 Å². The number of piperidine rings is 1. The van der Waals surface area contributed by atoms with Crippen molar-refractivity contribution < 1.29 is 22.7 Å². The molecule has 4 rings (SSSR count). The predicted molar refractivity (Wildman–Crippen MR) is 120 cm³/mol. The quantitative estimate of drug-likeness (QED) is 0.650. The van der Waals surface area contributed by atoms with Gasteiger partial charge in [-0.05, 0) is 50.1 Å². The Labute approximate surface area is 196 Å². The van der Waals surface area contributed by atoms with Crippen molar-refractivity contribution in [2.24, 2.45) is 11.3 Å². The van der Waals surface area contributed by atoms with Gasteiger partial charge in [0.1, 0.15) is 0 Å². The van der Waals surface area contributed by atoms with Gasteiger partial charge < -0.3 is 14.5 Å². The summed E-state index contributed by atoms with van der Waals surface area (Å²) in [6.45, 7) is 6.95. The largest absolute Gasteiger partial charge is 0.417 e. The van der Waals surface area contributed by atoms with E-state index in [1.807, 2.05) is 29.7 Å². The van der Waals surface area contributed by atoms with Gasteiger partial charge in [0.05, 0.1) is 29.4 Å². The predicted octanol–water partition coefficient (Wildman–Crippen LogP) is 4.29. The van der Waals surface area contributed by atoms with Gasteiger partial charge in [0.25, 0.3) is 5.91 Å². The van der Waals surface area contributed by atoms with Crippen LogP contribution < -0.4 is 4.90 Å². The molecule has 2 atom stereocenters. The van der Waals surface area contributed by atoms with Gasteiger partial charge >= 0.3 is 6.18 Å². The minimum absolute atomic E-state index is 0.0412. The highest BCUT2D eigenvalue weighted by atomic mass is 19.4. The third-order valence-electron chi connectivity index (χ3n) is 6.93. The number of aryl methyl sites for hydroxylation is 1. The number of carbonyl (C=O) groups is 1. The second-order valence-electron chi connectivity index (χ2n) is 9.17. The number of benzene rings is 1. The van der Waals surface area contributed by atoms with Gasteiger partial charge in [-0.1, -0.05) is 0 Å². The molecule has 2 unspecified atom stereocenters. The Bertz CT molecular complexity index is 1110. The van der Waals surface area contributed by atoms with E-state index in [2.05, 4.69) is 4.98 Å². The van der Waals surface area contributed by atoms with E-state index in [4.69, 9.17) is 10.00 Å². The Hall–Kier alpha value is -3.12. The lowest BCUT2D eigenvalue weighted by Gasteiger charge is -2.44. The van der Waals surface area contributed by atoms with E-state index < -0.39 is 11.7 Å². The Balaban J connectivity index is 1.59. The molecule has 0 saturated carbocycles. The Kier molecular flexibility index (Phi) is 6.54. The van der Waals surface area contributed by atoms with Crippen LogP contribution in [0.4, 0.5) is 18.9 Å². The van der Waals surface area contributed by atoms with E-state index in [0.29, 0.717) is 57.1 Å². The first-order valence-electron chi connectivity index (χ1n) is 11.3. The number of likely N-dealkylation sites (tertiary alicyclic amines) is 1. The first kappa shape index (κ1) is 24.0. The summed E-state index contributed by atoms with van der Waals surface area (Å²) in [5.74, 6) is -0.0507. The summed E-state index contributed by atoms with van der Waals surface area (Å²) < 4.78 is 46.3. The average molecular weight is 473 g/mol. The number of nitrogens with zero attached hydrogens (tertiary/aromatic N) is 4. The van der Waals surface area contributed by atoms with Crippen LogP contribution in [0.3, 0.4) is 0 Å². The molecule has 1 aromatic carbocycles. The maximum atomic E-state index is 13.5. The van der Waals surface area contributed by atoms with Gasteiger partial charge in [-0.15, -0.1) is 0 Å². The van der Waals surface area contributed by atoms with E-state index in [-0.39, 0.29) is 22.8 Å². The van der Waals surface area contributed by atoms with Crippen LogP contribution >= 0.6 is 0 Å². The highest BCUT2D eigenvalue weighted by Crippen LogP contribution is 2.45. The van der Waals surface area contributed by atoms with Crippen LogP contribution in [0.1, 0.15) is 40.4 Å². The number of hydrogen-bond donors (Lipinski definition) is 0. The fraction of sp³-hybridized carbons (Fsp3) is 0.480. The molecule has 0 spiro atoms. The van der Waals surface area contributed by atoms with E-state index >= 15 is 0 Å². The van der Waals surface area contributed by atoms with Crippen molar-refractivity contribution in [3.8, 4) is 6.07 Å². The molecule has 34 heavy (non-hydrogen) atoms. The summed E-state index contributed by atoms with van der Waals surface area (Å²) in [5, 5.41) is 9.10. The molecule has 6 nitrogen and oxygen atoms in total. The second-order valence-corrected chi connectivity index (χ2v) is 9.17. The number of aromatic nitrogens is 1. The molecule has 0 aliphatic carbocycles. The summed E-state index contributed by atoms with van der Waals surface area (Å²) in [7, 11) is 0. The number of ether oxygens (including phenoxy) is 1. The highest BCUT2D eigenvalue weighted by molar-refractivity contribution is 5.94. The minimum atomic E-state index is -4.60. The number of carbonyl (C=O) groups excluding carboxylic acids is 1. The van der Waals surface area contributed by atoms with Crippen molar-refractivity contribution in [1.29, 1.82) is 5.26 Å². The van der Waals surface area contributed by atoms with Crippen molar-refractivity contribution in [1.82, 2.24) is 9.88 Å². The monoisotopic (exact) mass is 472 g/mol. The molecule has 0 N–H and O–H groups in total. The maximum absolute atomic E-state index is 13.5. The number of hydrogen-bond acceptors (Lipinski definition) is 5. The van der Waals surface area contributed by atoms with E-state index in [1.165, 1.54) is 6.07 Å². The number of halogens is 3. The van der Waals surface area contributed by atoms with Gasteiger partial charge in [0.2, 0.25) is 0 Å². The van der Waals surface area contributed by atoms with Crippen LogP contribution in [0.25, 0.3) is 0 Å². The molecule has 1 aromatic heterocycles. The number of anilines is 1. The Morgan fingerprint density at radius 2 is 2.09 bits per heavy atom. The Morgan fingerprint density at radius 1 is 1.29 bits per heavy atom. The van der Waals surface area contributed by atoms with Crippen LogP contribution in [-0.4, -0.2) is 55.2 Å². The zero-order valence-electron chi connectivity index (χ0n) is 19.2. The summed E-state index contributed by atoms with van der Waals surface area (Å²) >= 11 is 0. The average Bonchev–Trinajstić information content (AvgIpc) is 3.20. The first-order valence-corrected chi connectivity index (χ1v) is 11.3. The third-order valence-corrected chi connectivity index (χ3v) is 6.93. The molecule has 180 valence electrons. The molecule has 1 amide bonds. The minimum Gasteiger partial charge on any atom is -0.381 e. The highest BCUT2D eigenvalue weighted by Gasteiger charge is 2.51. The molecular weight excluding hydrogens is 445 g/mol. The Morgan fingerprint density at radius 3 is 2.76 bits per heavy atom. The van der Waals surface area contributed by atoms with E-state index in [9.17, 15) is 18.0 Å². The zero-order valence-corrected chi connectivity index (χ0v) is 19.2. The van der Waals surface area contributed by atoms with Crippen molar-refractivity contribution >= 4 is 11.6 Å². The zero-order chi connectivity index (χ0) is 24.5. The molecule has 2 aliphatic heterocycles. The van der Waals surface area contributed by atoms with Crippen LogP contribution in [-0.2, 0) is 10.9 Å². The molecule has 2 aromatic rings. The van der Waals surface area contributed by atoms with Crippen molar-refractivity contribution in [2.75, 3.05) is 44.3 Å². The van der Waals surface area contributed by atoms with Crippen molar-refractivity contribution in [2.45, 2.75) is 26.4 Å². The van der Waals surface area contributed by atoms with Gasteiger partial charge in [-0.3, -0.25) is 9.78 Å². The summed E-state index contributed by atoms with van der Waals surface area (Å²) in [6, 6.07) is 7.31. The van der Waals surface area contributed by atoms with Crippen LogP contribution in [0.2, 0.25) is 0 Å². The van der Waals surface area contributed by atoms with E-state index in [1.54, 1.807) is 24.5 Å². The number of amides is 1. The van der Waals surface area contributed by atoms with Crippen LogP contribution in [0.5, 0.6) is 0 Å². The molecule has 9 heteroatoms. The first-order chi connectivity index (χ1) is 16.2. The molecule has 2 saturated heterocycles. The molecule has 2 aliphatic rings. The number of nitriles is 1. The molecule has 0 bridgehead atoms. The SMILES string of the molecule is CCOCC12CCN(c3ccc(C#N)c(C(F)(F)F)c3)CC1CN(C(=O)c1cncc(C)c1)C2. The lowest BCUT2D eigenvalue weighted by Crippen LogP contribution is -2.49. The van der Waals surface area contributed by atoms with Gasteiger partial charge in [0, 0.05) is 62.2 Å². The van der Waals surface area contributed by atoms with Crippen molar-refractivity contribution in [3.63, 3.8) is 0 Å². The maximum Gasteiger partial charge on any atom is 0.417 e. The number of pyridine rings is 1. The molecule has 2 fully saturated rings. The standard InChI is InChI=1S/C25H27F3N4O2/c1-3-34-16-24-6-7-31(21-5-4-18(10-29)22(9-21)25(26,27)28)13-20(24)14-32(15-24)23(33)19-8-17(2)11-30-12-19/h4-5,8-9,11-12,20H,3,6-7,13-16H2,1-2H3. The third kappa shape index (κ3) is 4.60. The van der Waals surface area contributed by atoms with Gasteiger partial charge in [0.15, 0.2) is 0 Å². The lowest BCUT2D eigenvalue weighted by molar-refractivity contribution is -0.137. The number of fused-ring (bicyclic) bond motifs is 1. The van der Waals surface area contributed by atoms with Gasteiger partial charge in [-0.2, -0.15) is 18.4 Å². The normalized spacial score (nSPS) is 22.4. The van der Waals surface area contributed by atoms with Crippen molar-refractivity contribution in [3.05, 3.63) is 58.9 Å². The molecular formula is C25H27F3N4O2. The number of rotatable bonds is 5. The molecule has 3 heterocycles. The fourth-order valence-electron chi connectivity index (χ4n) is 5.13. The van der Waals surface area contributed by atoms with Crippen LogP contribution in [0.15, 0.2) is 36.7 Å². The number of alkyl halides is 3. The molecule has 0 radical (unpaired) electrons. The smallest absolute Gasteiger partial charge is 0.381 e. The summed E-state index contributed by atoms with van der Waals surface area (Å²) in [4.78, 5) is 21.1. The van der Waals surface area contributed by atoms with E-state index in [0.717, 1.165) is 11.6 Å². The lowest BCUT2D eigenvalue weighted by atomic mass is 9.73. The fourth-order valence-corrected chi connectivity index (χ4v) is 5.13. The topological polar surface area (TPSA) is 69.5 Å². The summed E-state index contributed by atoms with van der Waals surface area (Å²) in [6.07, 6.45) is -0.654. The van der Waals surface area contributed by atoms with Gasteiger partial charge in [-0.25, -0.2) is 0 Å². The summed E-state index contributed by atoms with van der Waals surface area (Å²) in [5.41, 5.74) is 0.308. The second kappa shape index (κ2) is 9.26.